The van der Waals surface area contributed by atoms with Crippen LogP contribution in [0.2, 0.25) is 0 Å². The molecule has 0 rings (SSSR count). The van der Waals surface area contributed by atoms with Crippen molar-refractivity contribution in [3.05, 3.63) is 72.9 Å². The Morgan fingerprint density at radius 1 is 0.308 bits per heavy atom. The Morgan fingerprint density at radius 3 is 0.908 bits per heavy atom. The van der Waals surface area contributed by atoms with E-state index in [2.05, 4.69) is 93.7 Å². The molecule has 0 N–H and O–H groups in total. The lowest BCUT2D eigenvalue weighted by Gasteiger charge is -2.18. The molecular formula is C59H102O6. The Kier molecular flexibility index (Phi) is 50.9. The highest BCUT2D eigenvalue weighted by Crippen LogP contribution is 2.15. The highest BCUT2D eigenvalue weighted by molar-refractivity contribution is 5.71. The van der Waals surface area contributed by atoms with Crippen molar-refractivity contribution in [2.75, 3.05) is 13.2 Å². The van der Waals surface area contributed by atoms with Crippen LogP contribution in [0.15, 0.2) is 72.9 Å². The molecule has 0 aliphatic carbocycles. The lowest BCUT2D eigenvalue weighted by Crippen LogP contribution is -2.30. The van der Waals surface area contributed by atoms with E-state index in [-0.39, 0.29) is 31.1 Å². The molecule has 0 aromatic heterocycles. The maximum absolute atomic E-state index is 12.8. The van der Waals surface area contributed by atoms with Crippen LogP contribution in [0, 0.1) is 0 Å². The molecule has 0 aromatic rings. The molecule has 0 aromatic carbocycles. The van der Waals surface area contributed by atoms with Gasteiger partial charge in [-0.05, 0) is 70.6 Å². The summed E-state index contributed by atoms with van der Waals surface area (Å²) in [5, 5.41) is 0. The minimum Gasteiger partial charge on any atom is -0.462 e. The van der Waals surface area contributed by atoms with Crippen LogP contribution < -0.4 is 0 Å². The van der Waals surface area contributed by atoms with Crippen LogP contribution in [0.1, 0.15) is 265 Å². The Bertz CT molecular complexity index is 1230. The fraction of sp³-hybridized carbons (Fsp3) is 0.746. The number of hydrogen-bond acceptors (Lipinski definition) is 6. The molecule has 0 radical (unpaired) electrons. The summed E-state index contributed by atoms with van der Waals surface area (Å²) in [5.41, 5.74) is 0. The Balaban J connectivity index is 4.43. The minimum absolute atomic E-state index is 0.0881. The smallest absolute Gasteiger partial charge is 0.306 e. The number of ether oxygens (including phenoxy) is 3. The maximum Gasteiger partial charge on any atom is 0.306 e. The Labute approximate surface area is 402 Å². The van der Waals surface area contributed by atoms with E-state index in [0.29, 0.717) is 19.3 Å². The molecule has 0 amide bonds. The molecule has 0 bridgehead atoms. The zero-order valence-corrected chi connectivity index (χ0v) is 42.7. The number of hydrogen-bond donors (Lipinski definition) is 0. The van der Waals surface area contributed by atoms with E-state index < -0.39 is 6.10 Å². The lowest BCUT2D eigenvalue weighted by atomic mass is 10.1. The van der Waals surface area contributed by atoms with Crippen molar-refractivity contribution in [3.63, 3.8) is 0 Å². The molecule has 1 atom stereocenters. The fourth-order valence-electron chi connectivity index (χ4n) is 7.62. The highest BCUT2D eigenvalue weighted by atomic mass is 16.6. The normalized spacial score (nSPS) is 12.6. The van der Waals surface area contributed by atoms with Crippen LogP contribution >= 0.6 is 0 Å². The van der Waals surface area contributed by atoms with Gasteiger partial charge in [-0.1, -0.05) is 248 Å². The Morgan fingerprint density at radius 2 is 0.554 bits per heavy atom. The van der Waals surface area contributed by atoms with Gasteiger partial charge in [0.1, 0.15) is 13.2 Å². The van der Waals surface area contributed by atoms with Gasteiger partial charge >= 0.3 is 17.9 Å². The van der Waals surface area contributed by atoms with Gasteiger partial charge in [0.2, 0.25) is 0 Å². The first-order valence-corrected chi connectivity index (χ1v) is 27.5. The van der Waals surface area contributed by atoms with Crippen molar-refractivity contribution in [2.24, 2.45) is 0 Å². The second-order valence-electron chi connectivity index (χ2n) is 18.3. The van der Waals surface area contributed by atoms with E-state index >= 15 is 0 Å². The van der Waals surface area contributed by atoms with Gasteiger partial charge in [0, 0.05) is 19.3 Å². The van der Waals surface area contributed by atoms with Gasteiger partial charge in [-0.15, -0.1) is 0 Å². The summed E-state index contributed by atoms with van der Waals surface area (Å²) < 4.78 is 16.8. The molecule has 0 saturated heterocycles. The van der Waals surface area contributed by atoms with Gasteiger partial charge < -0.3 is 14.2 Å². The van der Waals surface area contributed by atoms with Crippen molar-refractivity contribution in [2.45, 2.75) is 271 Å². The highest BCUT2D eigenvalue weighted by Gasteiger charge is 2.19. The number of unbranched alkanes of at least 4 members (excludes halogenated alkanes) is 30. The third-order valence-corrected chi connectivity index (χ3v) is 11.8. The standard InChI is InChI=1S/C59H102O6/c1-4-7-10-13-16-19-22-24-26-28-30-32-34-37-40-43-46-49-52-58(61)64-55-56(54-63-57(60)51-48-45-42-39-36-21-18-15-12-9-6-3)65-59(62)53-50-47-44-41-38-35-33-31-29-27-25-23-20-17-14-11-8-5-2/h16,19,22,24,26-33,56H,4-15,17-18,20-21,23,25,34-55H2,1-3H3/b19-16-,24-22-,28-26-,29-27-,32-30-,33-31-. The molecule has 0 aliphatic heterocycles. The van der Waals surface area contributed by atoms with Crippen LogP contribution in [-0.2, 0) is 28.6 Å². The topological polar surface area (TPSA) is 78.9 Å². The van der Waals surface area contributed by atoms with E-state index in [1.54, 1.807) is 0 Å². The number of carbonyl (C=O) groups excluding carboxylic acids is 3. The molecule has 1 unspecified atom stereocenters. The summed E-state index contributed by atoms with van der Waals surface area (Å²) in [6.45, 7) is 6.57. The first-order valence-electron chi connectivity index (χ1n) is 27.5. The SMILES string of the molecule is CCCCC\C=C/C=C\C=C/C=C\CCCCCCCC(=O)OCC(COC(=O)CCCCCCCCCCCCC)OC(=O)CCCCCCC/C=C\C=C/CCCCCCCCC. The lowest BCUT2D eigenvalue weighted by molar-refractivity contribution is -0.167. The molecule has 0 fully saturated rings. The van der Waals surface area contributed by atoms with E-state index in [9.17, 15) is 14.4 Å². The summed E-state index contributed by atoms with van der Waals surface area (Å²) in [7, 11) is 0. The zero-order chi connectivity index (χ0) is 47.2. The third kappa shape index (κ3) is 51.7. The predicted molar refractivity (Wildman–Crippen MR) is 279 cm³/mol. The maximum atomic E-state index is 12.8. The number of esters is 3. The van der Waals surface area contributed by atoms with Crippen LogP contribution in [0.4, 0.5) is 0 Å². The van der Waals surface area contributed by atoms with E-state index in [0.717, 1.165) is 103 Å². The predicted octanol–water partition coefficient (Wildman–Crippen LogP) is 18.2. The van der Waals surface area contributed by atoms with E-state index in [4.69, 9.17) is 14.2 Å². The van der Waals surface area contributed by atoms with Crippen molar-refractivity contribution in [1.29, 1.82) is 0 Å². The van der Waals surface area contributed by atoms with Crippen molar-refractivity contribution >= 4 is 17.9 Å². The first kappa shape index (κ1) is 61.9. The summed E-state index contributed by atoms with van der Waals surface area (Å²) in [5.74, 6) is -0.922. The summed E-state index contributed by atoms with van der Waals surface area (Å²) in [6, 6.07) is 0. The number of carbonyl (C=O) groups is 3. The molecule has 374 valence electrons. The molecule has 0 aliphatic rings. The van der Waals surface area contributed by atoms with Crippen molar-refractivity contribution in [3.8, 4) is 0 Å². The van der Waals surface area contributed by atoms with E-state index in [1.807, 2.05) is 0 Å². The zero-order valence-electron chi connectivity index (χ0n) is 42.7. The monoisotopic (exact) mass is 907 g/mol. The average Bonchev–Trinajstić information content (AvgIpc) is 3.30. The van der Waals surface area contributed by atoms with Crippen molar-refractivity contribution < 1.29 is 28.6 Å². The van der Waals surface area contributed by atoms with Gasteiger partial charge in [0.15, 0.2) is 6.10 Å². The van der Waals surface area contributed by atoms with Crippen LogP contribution in [0.25, 0.3) is 0 Å². The van der Waals surface area contributed by atoms with Crippen molar-refractivity contribution in [1.82, 2.24) is 0 Å². The van der Waals surface area contributed by atoms with Crippen LogP contribution in [0.3, 0.4) is 0 Å². The largest absolute Gasteiger partial charge is 0.462 e. The van der Waals surface area contributed by atoms with Gasteiger partial charge in [0.25, 0.3) is 0 Å². The van der Waals surface area contributed by atoms with Gasteiger partial charge in [0.05, 0.1) is 0 Å². The molecule has 0 heterocycles. The third-order valence-electron chi connectivity index (χ3n) is 11.8. The minimum atomic E-state index is -0.791. The molecule has 6 nitrogen and oxygen atoms in total. The molecule has 0 saturated carbocycles. The first-order chi connectivity index (χ1) is 32.0. The van der Waals surface area contributed by atoms with Crippen LogP contribution in [-0.4, -0.2) is 37.2 Å². The molecule has 0 spiro atoms. The van der Waals surface area contributed by atoms with E-state index in [1.165, 1.54) is 122 Å². The quantitative estimate of drug-likeness (QED) is 0.0262. The fourth-order valence-corrected chi connectivity index (χ4v) is 7.62. The molecule has 6 heteroatoms. The second kappa shape index (κ2) is 53.5. The van der Waals surface area contributed by atoms with Gasteiger partial charge in [-0.25, -0.2) is 0 Å². The second-order valence-corrected chi connectivity index (χ2v) is 18.3. The van der Waals surface area contributed by atoms with Crippen LogP contribution in [0.5, 0.6) is 0 Å². The summed E-state index contributed by atoms with van der Waals surface area (Å²) in [6.07, 6.45) is 67.4. The van der Waals surface area contributed by atoms with Gasteiger partial charge in [-0.2, -0.15) is 0 Å². The van der Waals surface area contributed by atoms with Gasteiger partial charge in [-0.3, -0.25) is 14.4 Å². The average molecular weight is 907 g/mol. The number of allylic oxidation sites excluding steroid dienone is 12. The molecular weight excluding hydrogens is 805 g/mol. The number of rotatable bonds is 49. The Hall–Kier alpha value is -3.15. The summed E-state index contributed by atoms with van der Waals surface area (Å²) >= 11 is 0. The molecule has 65 heavy (non-hydrogen) atoms. The summed E-state index contributed by atoms with van der Waals surface area (Å²) in [4.78, 5) is 38.0.